The third kappa shape index (κ3) is 7.09. The van der Waals surface area contributed by atoms with Crippen molar-refractivity contribution in [3.05, 3.63) is 95.6 Å². The number of carbonyl (C=O) groups is 2. The van der Waals surface area contributed by atoms with Gasteiger partial charge in [0, 0.05) is 0 Å². The van der Waals surface area contributed by atoms with Gasteiger partial charge in [-0.2, -0.15) is 0 Å². The first-order chi connectivity index (χ1) is 15.4. The number of benzene rings is 3. The summed E-state index contributed by atoms with van der Waals surface area (Å²) in [6, 6.07) is 26.0. The number of rotatable bonds is 9. The van der Waals surface area contributed by atoms with Crippen LogP contribution in [0.2, 0.25) is 0 Å². The number of hydrogen-bond donors (Lipinski definition) is 1. The molecule has 0 aliphatic carbocycles. The Kier molecular flexibility index (Phi) is 8.20. The van der Waals surface area contributed by atoms with Gasteiger partial charge < -0.3 is 10.1 Å². The molecule has 0 aromatic heterocycles. The van der Waals surface area contributed by atoms with E-state index in [9.17, 15) is 9.59 Å². The number of amides is 1. The Bertz CT molecular complexity index is 1010. The normalized spacial score (nSPS) is 11.8. The van der Waals surface area contributed by atoms with Crippen LogP contribution in [0.4, 0.5) is 0 Å². The Labute approximate surface area is 190 Å². The van der Waals surface area contributed by atoms with Crippen LogP contribution in [0.25, 0.3) is 11.1 Å². The van der Waals surface area contributed by atoms with Gasteiger partial charge in [0.1, 0.15) is 0 Å². The molecule has 32 heavy (non-hydrogen) atoms. The molecule has 1 atom stereocenters. The Balaban J connectivity index is 1.43. The van der Waals surface area contributed by atoms with Gasteiger partial charge in [0.2, 0.25) is 0 Å². The van der Waals surface area contributed by atoms with E-state index in [1.807, 2.05) is 73.7 Å². The summed E-state index contributed by atoms with van der Waals surface area (Å²) in [5, 5.41) is 2.89. The molecule has 0 spiro atoms. The lowest BCUT2D eigenvalue weighted by Gasteiger charge is -2.15. The summed E-state index contributed by atoms with van der Waals surface area (Å²) >= 11 is 0. The molecule has 0 aliphatic rings. The van der Waals surface area contributed by atoms with Gasteiger partial charge in [-0.1, -0.05) is 92.7 Å². The zero-order chi connectivity index (χ0) is 22.9. The average Bonchev–Trinajstić information content (AvgIpc) is 2.79. The van der Waals surface area contributed by atoms with Crippen LogP contribution in [-0.2, 0) is 27.2 Å². The molecule has 0 saturated heterocycles. The van der Waals surface area contributed by atoms with E-state index in [-0.39, 0.29) is 25.0 Å². The highest BCUT2D eigenvalue weighted by Crippen LogP contribution is 2.19. The van der Waals surface area contributed by atoms with Gasteiger partial charge in [-0.25, -0.2) is 0 Å². The van der Waals surface area contributed by atoms with Crippen molar-refractivity contribution in [2.24, 2.45) is 5.92 Å². The van der Waals surface area contributed by atoms with Crippen molar-refractivity contribution >= 4 is 11.9 Å². The van der Waals surface area contributed by atoms with Crippen LogP contribution in [0.15, 0.2) is 78.9 Å². The van der Waals surface area contributed by atoms with Gasteiger partial charge >= 0.3 is 5.97 Å². The molecule has 3 aromatic rings. The second kappa shape index (κ2) is 11.3. The van der Waals surface area contributed by atoms with Crippen molar-refractivity contribution in [3.8, 4) is 11.1 Å². The minimum atomic E-state index is -0.418. The van der Waals surface area contributed by atoms with E-state index in [0.717, 1.165) is 28.7 Å². The summed E-state index contributed by atoms with van der Waals surface area (Å²) in [6.07, 6.45) is 1.17. The summed E-state index contributed by atoms with van der Waals surface area (Å²) in [7, 11) is 0. The molecule has 4 nitrogen and oxygen atoms in total. The number of esters is 1. The lowest BCUT2D eigenvalue weighted by Crippen LogP contribution is -2.31. The van der Waals surface area contributed by atoms with Gasteiger partial charge in [-0.3, -0.25) is 9.59 Å². The van der Waals surface area contributed by atoms with Crippen LogP contribution in [0.3, 0.4) is 0 Å². The number of carbonyl (C=O) groups excluding carboxylic acids is 2. The molecule has 0 aliphatic heterocycles. The van der Waals surface area contributed by atoms with Gasteiger partial charge in [0.25, 0.3) is 5.91 Å². The molecule has 3 aromatic carbocycles. The first kappa shape index (κ1) is 23.3. The Morgan fingerprint density at radius 1 is 0.781 bits per heavy atom. The van der Waals surface area contributed by atoms with E-state index in [1.54, 1.807) is 0 Å². The topological polar surface area (TPSA) is 55.4 Å². The second-order valence-electron chi connectivity index (χ2n) is 8.53. The first-order valence-electron chi connectivity index (χ1n) is 11.1. The van der Waals surface area contributed by atoms with E-state index in [1.165, 1.54) is 5.56 Å². The fraction of sp³-hybridized carbons (Fsp3) is 0.286. The van der Waals surface area contributed by atoms with E-state index in [0.29, 0.717) is 5.92 Å². The Morgan fingerprint density at radius 2 is 1.38 bits per heavy atom. The van der Waals surface area contributed by atoms with Crippen molar-refractivity contribution in [1.82, 2.24) is 5.32 Å². The smallest absolute Gasteiger partial charge is 0.310 e. The quantitative estimate of drug-likeness (QED) is 0.456. The molecule has 0 radical (unpaired) electrons. The van der Waals surface area contributed by atoms with Gasteiger partial charge in [-0.05, 0) is 47.1 Å². The largest absolute Gasteiger partial charge is 0.455 e. The molecule has 0 bridgehead atoms. The maximum atomic E-state index is 12.2. The first-order valence-corrected chi connectivity index (χ1v) is 11.1. The predicted molar refractivity (Wildman–Crippen MR) is 128 cm³/mol. The molecule has 0 heterocycles. The van der Waals surface area contributed by atoms with E-state index < -0.39 is 5.97 Å². The van der Waals surface area contributed by atoms with Crippen LogP contribution >= 0.6 is 0 Å². The summed E-state index contributed by atoms with van der Waals surface area (Å²) < 4.78 is 5.17. The monoisotopic (exact) mass is 429 g/mol. The highest BCUT2D eigenvalue weighted by molar-refractivity contribution is 5.81. The molecule has 0 saturated carbocycles. The molecule has 4 heteroatoms. The molecule has 0 unspecified atom stereocenters. The molecular formula is C28H31NO3. The zero-order valence-corrected chi connectivity index (χ0v) is 19.0. The maximum Gasteiger partial charge on any atom is 0.310 e. The molecular weight excluding hydrogens is 398 g/mol. The minimum absolute atomic E-state index is 0.134. The fourth-order valence-corrected chi connectivity index (χ4v) is 3.59. The van der Waals surface area contributed by atoms with Crippen molar-refractivity contribution in [2.75, 3.05) is 6.61 Å². The average molecular weight is 430 g/mol. The lowest BCUT2D eigenvalue weighted by atomic mass is 10.00. The number of hydrogen-bond acceptors (Lipinski definition) is 3. The molecule has 166 valence electrons. The third-order valence-corrected chi connectivity index (χ3v) is 5.27. The summed E-state index contributed by atoms with van der Waals surface area (Å²) in [6.45, 7) is 6.03. The Morgan fingerprint density at radius 3 is 2.00 bits per heavy atom. The van der Waals surface area contributed by atoms with Gasteiger partial charge in [0.05, 0.1) is 12.5 Å². The van der Waals surface area contributed by atoms with Gasteiger partial charge in [0.15, 0.2) is 6.61 Å². The maximum absolute atomic E-state index is 12.2. The molecule has 0 fully saturated rings. The highest BCUT2D eigenvalue weighted by Gasteiger charge is 2.13. The van der Waals surface area contributed by atoms with Crippen LogP contribution < -0.4 is 5.32 Å². The minimum Gasteiger partial charge on any atom is -0.455 e. The lowest BCUT2D eigenvalue weighted by molar-refractivity contribution is -0.148. The van der Waals surface area contributed by atoms with Crippen LogP contribution in [0.1, 0.15) is 43.5 Å². The van der Waals surface area contributed by atoms with Crippen LogP contribution in [-0.4, -0.2) is 18.5 Å². The second-order valence-corrected chi connectivity index (χ2v) is 8.53. The zero-order valence-electron chi connectivity index (χ0n) is 19.0. The number of ether oxygens (including phenoxy) is 1. The van der Waals surface area contributed by atoms with E-state index in [4.69, 9.17) is 4.74 Å². The van der Waals surface area contributed by atoms with Crippen LogP contribution in [0, 0.1) is 5.92 Å². The summed E-state index contributed by atoms with van der Waals surface area (Å²) in [5.74, 6) is -0.121. The molecule has 3 rings (SSSR count). The third-order valence-electron chi connectivity index (χ3n) is 5.27. The SMILES string of the molecule is CC(C)Cc1ccc([C@H](C)NC(=O)COC(=O)Cc2ccc(-c3ccccc3)cc2)cc1. The fourth-order valence-electron chi connectivity index (χ4n) is 3.59. The summed E-state index contributed by atoms with van der Waals surface area (Å²) in [5.41, 5.74) is 5.38. The van der Waals surface area contributed by atoms with Crippen molar-refractivity contribution < 1.29 is 14.3 Å². The Hall–Kier alpha value is -3.40. The number of nitrogens with one attached hydrogen (secondary N) is 1. The molecule has 1 amide bonds. The standard InChI is InChI=1S/C28H31NO3/c1-20(2)17-22-9-13-24(14-10-22)21(3)29-27(30)19-32-28(31)18-23-11-15-26(16-12-23)25-7-5-4-6-8-25/h4-16,20-21H,17-19H2,1-3H3,(H,29,30)/t21-/m0/s1. The van der Waals surface area contributed by atoms with Crippen molar-refractivity contribution in [2.45, 2.75) is 39.7 Å². The summed E-state index contributed by atoms with van der Waals surface area (Å²) in [4.78, 5) is 24.4. The van der Waals surface area contributed by atoms with E-state index >= 15 is 0 Å². The van der Waals surface area contributed by atoms with Crippen molar-refractivity contribution in [3.63, 3.8) is 0 Å². The highest BCUT2D eigenvalue weighted by atomic mass is 16.5. The van der Waals surface area contributed by atoms with E-state index in [2.05, 4.69) is 31.3 Å². The van der Waals surface area contributed by atoms with Gasteiger partial charge in [-0.15, -0.1) is 0 Å². The van der Waals surface area contributed by atoms with Crippen LogP contribution in [0.5, 0.6) is 0 Å². The van der Waals surface area contributed by atoms with Crippen molar-refractivity contribution in [1.29, 1.82) is 0 Å². The predicted octanol–water partition coefficient (Wildman–Crippen LogP) is 5.52. The molecule has 1 N–H and O–H groups in total.